The van der Waals surface area contributed by atoms with E-state index in [0.717, 1.165) is 22.6 Å². The van der Waals surface area contributed by atoms with E-state index in [9.17, 15) is 18.6 Å². The van der Waals surface area contributed by atoms with Crippen molar-refractivity contribution in [3.8, 4) is 5.75 Å². The maximum atomic E-state index is 11.3. The molecule has 2 unspecified atom stereocenters. The normalized spacial score (nSPS) is 14.8. The molecule has 0 amide bonds. The minimum atomic E-state index is -3.55. The number of phenolic OH excluding ortho intramolecular Hbond substituents is 1. The number of aliphatic hydroxyl groups excluding tert-OH is 1. The van der Waals surface area contributed by atoms with Gasteiger partial charge in [0.25, 0.3) is 10.1 Å². The summed E-state index contributed by atoms with van der Waals surface area (Å²) >= 11 is 0. The van der Waals surface area contributed by atoms with Gasteiger partial charge in [-0.15, -0.1) is 0 Å². The second kappa shape index (κ2) is 8.14. The van der Waals surface area contributed by atoms with E-state index in [1.807, 2.05) is 35.2 Å². The molecule has 0 aromatic heterocycles. The number of hydrogen-bond donors (Lipinski definition) is 2. The van der Waals surface area contributed by atoms with Gasteiger partial charge < -0.3 is 10.2 Å². The van der Waals surface area contributed by atoms with Gasteiger partial charge in [0, 0.05) is 25.2 Å². The van der Waals surface area contributed by atoms with Crippen LogP contribution in [-0.4, -0.2) is 55.1 Å². The lowest BCUT2D eigenvalue weighted by Gasteiger charge is -2.27. The average Bonchev–Trinajstić information content (AvgIpc) is 2.47. The van der Waals surface area contributed by atoms with Crippen molar-refractivity contribution in [2.45, 2.75) is 32.6 Å². The number of nitrogens with zero attached hydrogens (tertiary/aromatic N) is 1. The average molecular weight is 367 g/mol. The van der Waals surface area contributed by atoms with Crippen molar-refractivity contribution >= 4 is 20.9 Å². The first-order chi connectivity index (χ1) is 11.7. The van der Waals surface area contributed by atoms with E-state index in [4.69, 9.17) is 4.18 Å². The van der Waals surface area contributed by atoms with Gasteiger partial charge in [0.15, 0.2) is 0 Å². The summed E-state index contributed by atoms with van der Waals surface area (Å²) in [5.41, 5.74) is 0.741. The van der Waals surface area contributed by atoms with E-state index in [-0.39, 0.29) is 5.75 Å². The van der Waals surface area contributed by atoms with Gasteiger partial charge in [-0.2, -0.15) is 8.42 Å². The van der Waals surface area contributed by atoms with E-state index in [2.05, 4.69) is 0 Å². The van der Waals surface area contributed by atoms with Crippen molar-refractivity contribution in [2.24, 2.45) is 0 Å². The van der Waals surface area contributed by atoms with Crippen molar-refractivity contribution in [3.05, 3.63) is 42.0 Å². The zero-order valence-electron chi connectivity index (χ0n) is 14.7. The quantitative estimate of drug-likeness (QED) is 0.695. The minimum Gasteiger partial charge on any atom is -0.508 e. The summed E-state index contributed by atoms with van der Waals surface area (Å²) in [5, 5.41) is 22.0. The van der Waals surface area contributed by atoms with Crippen LogP contribution in [0.2, 0.25) is 0 Å². The highest BCUT2D eigenvalue weighted by Gasteiger charge is 2.19. The van der Waals surface area contributed by atoms with Crippen molar-refractivity contribution in [1.29, 1.82) is 0 Å². The second-order valence-electron chi connectivity index (χ2n) is 6.44. The Labute approximate surface area is 148 Å². The first kappa shape index (κ1) is 19.7. The molecule has 0 aliphatic heterocycles. The molecule has 0 saturated carbocycles. The Hall–Kier alpha value is -1.67. The molecule has 2 rings (SSSR count). The van der Waals surface area contributed by atoms with Crippen LogP contribution in [0.4, 0.5) is 0 Å². The molecule has 0 aliphatic carbocycles. The van der Waals surface area contributed by atoms with Gasteiger partial charge in [-0.3, -0.25) is 9.08 Å². The Balaban J connectivity index is 2.26. The predicted octanol–water partition coefficient (Wildman–Crippen LogP) is 2.09. The molecule has 0 bridgehead atoms. The number of phenols is 1. The molecule has 138 valence electrons. The number of rotatable bonds is 8. The second-order valence-corrected chi connectivity index (χ2v) is 8.04. The molecule has 0 spiro atoms. The number of benzene rings is 2. The fraction of sp³-hybridized carbons (Fsp3) is 0.444. The van der Waals surface area contributed by atoms with Gasteiger partial charge in [0.2, 0.25) is 0 Å². The molecule has 7 heteroatoms. The topological polar surface area (TPSA) is 87.1 Å². The van der Waals surface area contributed by atoms with Crippen LogP contribution in [0.5, 0.6) is 5.75 Å². The fourth-order valence-corrected chi connectivity index (χ4v) is 3.64. The summed E-state index contributed by atoms with van der Waals surface area (Å²) in [7, 11) is -3.55. The standard InChI is InChI=1S/C18H25NO5S/c1-13(20)10-19(11-14(2)24-25(3,22)23)12-17-16-7-5-4-6-15(16)8-9-18(17)21/h4-9,13-14,20-21H,10-12H2,1-3H3. The van der Waals surface area contributed by atoms with Gasteiger partial charge in [0.05, 0.1) is 18.5 Å². The first-order valence-corrected chi connectivity index (χ1v) is 9.95. The summed E-state index contributed by atoms with van der Waals surface area (Å²) in [6.07, 6.45) is -0.146. The Morgan fingerprint density at radius 3 is 2.44 bits per heavy atom. The van der Waals surface area contributed by atoms with Gasteiger partial charge >= 0.3 is 0 Å². The lowest BCUT2D eigenvalue weighted by Crippen LogP contribution is -2.37. The monoisotopic (exact) mass is 367 g/mol. The van der Waals surface area contributed by atoms with Crippen molar-refractivity contribution in [2.75, 3.05) is 19.3 Å². The largest absolute Gasteiger partial charge is 0.508 e. The number of aromatic hydroxyl groups is 1. The van der Waals surface area contributed by atoms with Gasteiger partial charge in [-0.1, -0.05) is 30.3 Å². The maximum Gasteiger partial charge on any atom is 0.264 e. The molecular formula is C18H25NO5S. The molecule has 6 nitrogen and oxygen atoms in total. The molecule has 2 atom stereocenters. The molecule has 0 radical (unpaired) electrons. The molecular weight excluding hydrogens is 342 g/mol. The highest BCUT2D eigenvalue weighted by atomic mass is 32.2. The van der Waals surface area contributed by atoms with Crippen LogP contribution in [0.1, 0.15) is 19.4 Å². The number of hydrogen-bond acceptors (Lipinski definition) is 6. The van der Waals surface area contributed by atoms with Crippen molar-refractivity contribution < 1.29 is 22.8 Å². The van der Waals surface area contributed by atoms with E-state index < -0.39 is 22.3 Å². The van der Waals surface area contributed by atoms with Gasteiger partial charge in [0.1, 0.15) is 5.75 Å². The number of aliphatic hydroxyl groups is 1. The van der Waals surface area contributed by atoms with Crippen LogP contribution in [0.25, 0.3) is 10.8 Å². The van der Waals surface area contributed by atoms with Crippen LogP contribution in [0, 0.1) is 0 Å². The Bertz CT molecular complexity index is 819. The maximum absolute atomic E-state index is 11.3. The van der Waals surface area contributed by atoms with E-state index in [1.54, 1.807) is 19.9 Å². The molecule has 2 N–H and O–H groups in total. The summed E-state index contributed by atoms with van der Waals surface area (Å²) in [6.45, 7) is 4.34. The molecule has 0 heterocycles. The van der Waals surface area contributed by atoms with Crippen LogP contribution in [0.3, 0.4) is 0 Å². The van der Waals surface area contributed by atoms with Gasteiger partial charge in [-0.05, 0) is 30.7 Å². The molecule has 25 heavy (non-hydrogen) atoms. The molecule has 0 aliphatic rings. The summed E-state index contributed by atoms with van der Waals surface area (Å²) in [6, 6.07) is 11.2. The first-order valence-electron chi connectivity index (χ1n) is 8.14. The van der Waals surface area contributed by atoms with E-state index in [0.29, 0.717) is 19.6 Å². The molecule has 2 aromatic carbocycles. The highest BCUT2D eigenvalue weighted by Crippen LogP contribution is 2.28. The lowest BCUT2D eigenvalue weighted by atomic mass is 10.0. The van der Waals surface area contributed by atoms with Gasteiger partial charge in [-0.25, -0.2) is 0 Å². The fourth-order valence-electron chi connectivity index (χ4n) is 2.98. The molecule has 2 aromatic rings. The van der Waals surface area contributed by atoms with E-state index >= 15 is 0 Å². The predicted molar refractivity (Wildman–Crippen MR) is 98.0 cm³/mol. The van der Waals surface area contributed by atoms with Crippen molar-refractivity contribution in [1.82, 2.24) is 4.90 Å². The summed E-state index contributed by atoms with van der Waals surface area (Å²) in [4.78, 5) is 1.88. The van der Waals surface area contributed by atoms with Crippen LogP contribution in [-0.2, 0) is 20.8 Å². The Morgan fingerprint density at radius 2 is 1.80 bits per heavy atom. The lowest BCUT2D eigenvalue weighted by molar-refractivity contribution is 0.0905. The smallest absolute Gasteiger partial charge is 0.264 e. The van der Waals surface area contributed by atoms with E-state index in [1.165, 1.54) is 0 Å². The Kier molecular flexibility index (Phi) is 6.40. The molecule has 0 saturated heterocycles. The summed E-state index contributed by atoms with van der Waals surface area (Å²) < 4.78 is 27.6. The third-order valence-corrected chi connectivity index (χ3v) is 4.45. The van der Waals surface area contributed by atoms with Crippen LogP contribution in [0.15, 0.2) is 36.4 Å². The third kappa shape index (κ3) is 5.97. The minimum absolute atomic E-state index is 0.172. The highest BCUT2D eigenvalue weighted by molar-refractivity contribution is 7.86. The Morgan fingerprint density at radius 1 is 1.12 bits per heavy atom. The third-order valence-electron chi connectivity index (χ3n) is 3.77. The SMILES string of the molecule is CC(O)CN(Cc1c(O)ccc2ccccc12)CC(C)OS(C)(=O)=O. The number of fused-ring (bicyclic) bond motifs is 1. The van der Waals surface area contributed by atoms with Crippen LogP contribution < -0.4 is 0 Å². The van der Waals surface area contributed by atoms with Crippen LogP contribution >= 0.6 is 0 Å². The zero-order valence-corrected chi connectivity index (χ0v) is 15.5. The summed E-state index contributed by atoms with van der Waals surface area (Å²) in [5.74, 6) is 0.172. The zero-order chi connectivity index (χ0) is 18.6. The van der Waals surface area contributed by atoms with Crippen molar-refractivity contribution in [3.63, 3.8) is 0 Å². The molecule has 0 fully saturated rings.